The Morgan fingerprint density at radius 2 is 1.09 bits per heavy atom. The van der Waals surface area contributed by atoms with Crippen LogP contribution < -0.4 is 9.47 Å². The van der Waals surface area contributed by atoms with Gasteiger partial charge in [-0.25, -0.2) is 24.2 Å². The first-order valence-electron chi connectivity index (χ1n) is 10.3. The fourth-order valence-electron chi connectivity index (χ4n) is 4.09. The first-order chi connectivity index (χ1) is 16.3. The molecule has 2 aromatic carbocycles. The maximum Gasteiger partial charge on any atom is 0.423 e. The fraction of sp³-hybridized carbons (Fsp3) is 0.286. The third-order valence-electron chi connectivity index (χ3n) is 5.67. The van der Waals surface area contributed by atoms with Crippen LogP contribution in [-0.2, 0) is 0 Å². The summed E-state index contributed by atoms with van der Waals surface area (Å²) >= 11 is 0. The van der Waals surface area contributed by atoms with E-state index in [4.69, 9.17) is 9.47 Å². The van der Waals surface area contributed by atoms with Crippen molar-refractivity contribution in [1.29, 1.82) is 0 Å². The Labute approximate surface area is 191 Å². The minimum Gasteiger partial charge on any atom is -0.410 e. The van der Waals surface area contributed by atoms with Crippen molar-refractivity contribution in [2.45, 2.75) is 37.8 Å². The second-order valence-corrected chi connectivity index (χ2v) is 7.68. The summed E-state index contributed by atoms with van der Waals surface area (Å²) in [7, 11) is 0. The molecule has 34 heavy (non-hydrogen) atoms. The molecular formula is C21H18N4O9. The average molecular weight is 470 g/mol. The van der Waals surface area contributed by atoms with Crippen LogP contribution in [0.3, 0.4) is 0 Å². The number of non-ortho nitro benzene ring substituents is 2. The van der Waals surface area contributed by atoms with E-state index in [0.29, 0.717) is 12.8 Å². The SMILES string of the molecule is O=C(Oc1ccc([N+](=O)[O-])cc1)N1C(=O)N(C(=O)Oc2ccc([N+](=O)[O-])cc2)[C@@H]2CCCC[C@H]21. The number of nitrogens with zero attached hydrogens (tertiary/aromatic N) is 4. The Balaban J connectivity index is 1.51. The second kappa shape index (κ2) is 9.13. The molecule has 1 aliphatic heterocycles. The summed E-state index contributed by atoms with van der Waals surface area (Å²) < 4.78 is 10.5. The molecule has 0 spiro atoms. The van der Waals surface area contributed by atoms with Crippen LogP contribution in [0.5, 0.6) is 11.5 Å². The number of carbonyl (C=O) groups excluding carboxylic acids is 3. The van der Waals surface area contributed by atoms with Gasteiger partial charge in [-0.1, -0.05) is 12.8 Å². The van der Waals surface area contributed by atoms with Gasteiger partial charge in [0.2, 0.25) is 0 Å². The molecule has 1 heterocycles. The average Bonchev–Trinajstić information content (AvgIpc) is 3.11. The maximum atomic E-state index is 13.1. The lowest BCUT2D eigenvalue weighted by atomic mass is 9.90. The predicted molar refractivity (Wildman–Crippen MR) is 113 cm³/mol. The fourth-order valence-corrected chi connectivity index (χ4v) is 4.09. The van der Waals surface area contributed by atoms with Gasteiger partial charge in [-0.2, -0.15) is 0 Å². The molecule has 13 heteroatoms. The van der Waals surface area contributed by atoms with Gasteiger partial charge in [-0.05, 0) is 37.1 Å². The quantitative estimate of drug-likeness (QED) is 0.469. The van der Waals surface area contributed by atoms with Crippen molar-refractivity contribution in [3.8, 4) is 11.5 Å². The molecule has 1 saturated carbocycles. The molecule has 4 rings (SSSR count). The molecule has 0 radical (unpaired) electrons. The molecule has 13 nitrogen and oxygen atoms in total. The molecule has 2 aliphatic rings. The van der Waals surface area contributed by atoms with Crippen LogP contribution in [0.2, 0.25) is 0 Å². The second-order valence-electron chi connectivity index (χ2n) is 7.68. The van der Waals surface area contributed by atoms with E-state index in [9.17, 15) is 34.6 Å². The monoisotopic (exact) mass is 470 g/mol. The van der Waals surface area contributed by atoms with E-state index in [1.807, 2.05) is 0 Å². The smallest absolute Gasteiger partial charge is 0.410 e. The van der Waals surface area contributed by atoms with Crippen LogP contribution in [-0.4, -0.2) is 49.9 Å². The molecule has 0 aromatic heterocycles. The highest BCUT2D eigenvalue weighted by molar-refractivity contribution is 6.02. The van der Waals surface area contributed by atoms with Crippen LogP contribution in [0, 0.1) is 20.2 Å². The number of rotatable bonds is 4. The molecule has 1 saturated heterocycles. The number of fused-ring (bicyclic) bond motifs is 1. The summed E-state index contributed by atoms with van der Waals surface area (Å²) in [5.41, 5.74) is -0.380. The standard InChI is InChI=1S/C21H18N4O9/c26-19-22(20(27)33-15-9-5-13(6-10-15)24(29)30)17-3-1-2-4-18(17)23(19)21(28)34-16-11-7-14(8-12-16)25(31)32/h5-12,17-18H,1-4H2/t17-,18-/m1/s1. The van der Waals surface area contributed by atoms with Gasteiger partial charge in [0.1, 0.15) is 11.5 Å². The van der Waals surface area contributed by atoms with E-state index in [2.05, 4.69) is 0 Å². The number of ether oxygens (including phenoxy) is 2. The van der Waals surface area contributed by atoms with Gasteiger partial charge < -0.3 is 9.47 Å². The highest BCUT2D eigenvalue weighted by Crippen LogP contribution is 2.35. The number of benzene rings is 2. The third-order valence-corrected chi connectivity index (χ3v) is 5.67. The first kappa shape index (κ1) is 22.6. The molecule has 0 N–H and O–H groups in total. The van der Waals surface area contributed by atoms with E-state index in [-0.39, 0.29) is 22.9 Å². The van der Waals surface area contributed by atoms with Crippen molar-refractivity contribution in [3.63, 3.8) is 0 Å². The van der Waals surface area contributed by atoms with Crippen LogP contribution in [0.4, 0.5) is 25.8 Å². The van der Waals surface area contributed by atoms with E-state index in [1.165, 1.54) is 24.3 Å². The topological polar surface area (TPSA) is 162 Å². The minimum absolute atomic E-state index is 0.00247. The molecule has 2 aromatic rings. The summed E-state index contributed by atoms with van der Waals surface area (Å²) in [5, 5.41) is 21.6. The summed E-state index contributed by atoms with van der Waals surface area (Å²) in [6, 6.07) is 7.42. The Morgan fingerprint density at radius 3 is 1.41 bits per heavy atom. The molecule has 2 fully saturated rings. The van der Waals surface area contributed by atoms with E-state index >= 15 is 0 Å². The van der Waals surface area contributed by atoms with Crippen molar-refractivity contribution >= 4 is 29.6 Å². The van der Waals surface area contributed by atoms with Crippen LogP contribution in [0.25, 0.3) is 0 Å². The Kier molecular flexibility index (Phi) is 6.08. The van der Waals surface area contributed by atoms with Crippen molar-refractivity contribution in [1.82, 2.24) is 9.80 Å². The lowest BCUT2D eigenvalue weighted by Crippen LogP contribution is -2.44. The molecule has 1 aliphatic carbocycles. The van der Waals surface area contributed by atoms with Gasteiger partial charge in [-0.3, -0.25) is 20.2 Å². The summed E-state index contributed by atoms with van der Waals surface area (Å²) in [6.07, 6.45) is 0.380. The Bertz CT molecular complexity index is 1060. The van der Waals surface area contributed by atoms with Gasteiger partial charge in [-0.15, -0.1) is 0 Å². The molecular weight excluding hydrogens is 452 g/mol. The largest absolute Gasteiger partial charge is 0.423 e. The van der Waals surface area contributed by atoms with E-state index in [0.717, 1.165) is 46.9 Å². The van der Waals surface area contributed by atoms with Crippen molar-refractivity contribution in [3.05, 3.63) is 68.8 Å². The van der Waals surface area contributed by atoms with Crippen LogP contribution in [0.15, 0.2) is 48.5 Å². The number of urea groups is 1. The normalized spacial score (nSPS) is 19.4. The molecule has 0 unspecified atom stereocenters. The van der Waals surface area contributed by atoms with Crippen molar-refractivity contribution in [2.75, 3.05) is 0 Å². The Morgan fingerprint density at radius 1 is 0.735 bits per heavy atom. The van der Waals surface area contributed by atoms with Gasteiger partial charge in [0.05, 0.1) is 21.9 Å². The van der Waals surface area contributed by atoms with Gasteiger partial charge in [0.25, 0.3) is 11.4 Å². The first-order valence-corrected chi connectivity index (χ1v) is 10.3. The lowest BCUT2D eigenvalue weighted by molar-refractivity contribution is -0.385. The Hall–Kier alpha value is -4.55. The highest BCUT2D eigenvalue weighted by Gasteiger charge is 2.53. The summed E-state index contributed by atoms with van der Waals surface area (Å²) in [6.45, 7) is 0. The molecule has 0 bridgehead atoms. The van der Waals surface area contributed by atoms with Gasteiger partial charge >= 0.3 is 18.2 Å². The predicted octanol–water partition coefficient (Wildman–Crippen LogP) is 4.25. The number of imide groups is 2. The summed E-state index contributed by atoms with van der Waals surface area (Å²) in [4.78, 5) is 60.9. The van der Waals surface area contributed by atoms with E-state index < -0.39 is 40.1 Å². The van der Waals surface area contributed by atoms with Crippen LogP contribution >= 0.6 is 0 Å². The molecule has 2 atom stereocenters. The zero-order valence-corrected chi connectivity index (χ0v) is 17.6. The number of carbonyl (C=O) groups is 3. The molecule has 4 amide bonds. The number of amides is 4. The number of hydrogen-bond donors (Lipinski definition) is 0. The number of nitro groups is 2. The minimum atomic E-state index is -1.01. The van der Waals surface area contributed by atoms with Gasteiger partial charge in [0.15, 0.2) is 0 Å². The maximum absolute atomic E-state index is 13.1. The summed E-state index contributed by atoms with van der Waals surface area (Å²) in [5.74, 6) is 0.00494. The number of nitro benzene ring substituents is 2. The van der Waals surface area contributed by atoms with Crippen molar-refractivity contribution in [2.24, 2.45) is 0 Å². The number of hydrogen-bond acceptors (Lipinski definition) is 9. The third kappa shape index (κ3) is 4.35. The highest BCUT2D eigenvalue weighted by atomic mass is 16.6. The lowest BCUT2D eigenvalue weighted by Gasteiger charge is -2.29. The van der Waals surface area contributed by atoms with Gasteiger partial charge in [0, 0.05) is 24.3 Å². The van der Waals surface area contributed by atoms with Crippen molar-refractivity contribution < 1.29 is 33.7 Å². The zero-order valence-electron chi connectivity index (χ0n) is 17.6. The molecule has 176 valence electrons. The van der Waals surface area contributed by atoms with Crippen LogP contribution in [0.1, 0.15) is 25.7 Å². The zero-order chi connectivity index (χ0) is 24.4. The van der Waals surface area contributed by atoms with E-state index in [1.54, 1.807) is 0 Å².